The molecule has 0 spiro atoms. The monoisotopic (exact) mass is 306 g/mol. The molecular formula is C14H14N2O4S. The Morgan fingerprint density at radius 1 is 1.33 bits per heavy atom. The van der Waals surface area contributed by atoms with Gasteiger partial charge in [0, 0.05) is 31.2 Å². The minimum Gasteiger partial charge on any atom is -0.478 e. The van der Waals surface area contributed by atoms with Gasteiger partial charge in [0.15, 0.2) is 0 Å². The first-order valence-corrected chi connectivity index (χ1v) is 7.51. The van der Waals surface area contributed by atoms with Crippen molar-refractivity contribution in [1.29, 1.82) is 0 Å². The largest absolute Gasteiger partial charge is 0.478 e. The Hall–Kier alpha value is -2.54. The normalized spacial score (nSPS) is 11.7. The van der Waals surface area contributed by atoms with Crippen molar-refractivity contribution >= 4 is 27.8 Å². The van der Waals surface area contributed by atoms with E-state index in [9.17, 15) is 13.2 Å². The Kier molecular flexibility index (Phi) is 4.13. The Morgan fingerprint density at radius 3 is 2.71 bits per heavy atom. The van der Waals surface area contributed by atoms with Gasteiger partial charge in [-0.05, 0) is 29.8 Å². The van der Waals surface area contributed by atoms with Gasteiger partial charge in [-0.2, -0.15) is 0 Å². The van der Waals surface area contributed by atoms with E-state index in [-0.39, 0.29) is 4.90 Å². The third kappa shape index (κ3) is 3.96. The van der Waals surface area contributed by atoms with Crippen molar-refractivity contribution in [3.63, 3.8) is 0 Å². The standard InChI is InChI=1S/C14H14N2O4S/c1-16-8-7-13(10-16)21(19,20)15-12-4-2-3-11(9-12)5-6-14(17)18/h2-10,15H,1H3,(H,17,18)/b6-5+. The molecule has 0 fully saturated rings. The molecule has 0 radical (unpaired) electrons. The lowest BCUT2D eigenvalue weighted by molar-refractivity contribution is -0.131. The first-order valence-electron chi connectivity index (χ1n) is 6.03. The van der Waals surface area contributed by atoms with E-state index in [0.717, 1.165) is 6.08 Å². The molecule has 110 valence electrons. The van der Waals surface area contributed by atoms with E-state index < -0.39 is 16.0 Å². The number of rotatable bonds is 5. The topological polar surface area (TPSA) is 88.4 Å². The van der Waals surface area contributed by atoms with E-state index in [1.807, 2.05) is 0 Å². The lowest BCUT2D eigenvalue weighted by Crippen LogP contribution is -2.12. The molecule has 6 nitrogen and oxygen atoms in total. The highest BCUT2D eigenvalue weighted by atomic mass is 32.2. The number of aromatic nitrogens is 1. The fourth-order valence-electron chi connectivity index (χ4n) is 1.72. The Balaban J connectivity index is 2.23. The predicted octanol–water partition coefficient (Wildman–Crippen LogP) is 1.92. The first-order chi connectivity index (χ1) is 9.87. The molecule has 1 heterocycles. The molecular weight excluding hydrogens is 292 g/mol. The molecule has 2 aromatic rings. The Bertz CT molecular complexity index is 791. The molecule has 0 saturated carbocycles. The number of anilines is 1. The van der Waals surface area contributed by atoms with Crippen LogP contribution in [0.1, 0.15) is 5.56 Å². The van der Waals surface area contributed by atoms with Crippen molar-refractivity contribution in [2.45, 2.75) is 4.90 Å². The summed E-state index contributed by atoms with van der Waals surface area (Å²) in [6.45, 7) is 0. The third-order valence-corrected chi connectivity index (χ3v) is 4.04. The molecule has 2 N–H and O–H groups in total. The maximum Gasteiger partial charge on any atom is 0.328 e. The summed E-state index contributed by atoms with van der Waals surface area (Å²) in [6, 6.07) is 7.97. The maximum absolute atomic E-state index is 12.2. The predicted molar refractivity (Wildman–Crippen MR) is 79.3 cm³/mol. The summed E-state index contributed by atoms with van der Waals surface area (Å²) in [5.41, 5.74) is 0.956. The van der Waals surface area contributed by atoms with Crippen LogP contribution in [0.25, 0.3) is 6.08 Å². The van der Waals surface area contributed by atoms with Gasteiger partial charge in [0.2, 0.25) is 0 Å². The summed E-state index contributed by atoms with van der Waals surface area (Å²) >= 11 is 0. The van der Waals surface area contributed by atoms with Gasteiger partial charge in [-0.1, -0.05) is 12.1 Å². The second kappa shape index (κ2) is 5.84. The van der Waals surface area contributed by atoms with Crippen LogP contribution >= 0.6 is 0 Å². The van der Waals surface area contributed by atoms with Crippen LogP contribution < -0.4 is 4.72 Å². The van der Waals surface area contributed by atoms with Crippen LogP contribution in [0.15, 0.2) is 53.7 Å². The summed E-state index contributed by atoms with van der Waals surface area (Å²) in [6.07, 6.45) is 5.52. The number of sulfonamides is 1. The second-order valence-electron chi connectivity index (χ2n) is 4.42. The van der Waals surface area contributed by atoms with Gasteiger partial charge in [-0.3, -0.25) is 4.72 Å². The highest BCUT2D eigenvalue weighted by molar-refractivity contribution is 7.92. The van der Waals surface area contributed by atoms with Crippen LogP contribution in [-0.4, -0.2) is 24.1 Å². The maximum atomic E-state index is 12.2. The van der Waals surface area contributed by atoms with Gasteiger partial charge >= 0.3 is 5.97 Å². The van der Waals surface area contributed by atoms with Gasteiger partial charge in [0.25, 0.3) is 10.0 Å². The van der Waals surface area contributed by atoms with Gasteiger partial charge in [-0.25, -0.2) is 13.2 Å². The van der Waals surface area contributed by atoms with Crippen LogP contribution in [0, 0.1) is 0 Å². The molecule has 1 aromatic carbocycles. The van der Waals surface area contributed by atoms with Crippen molar-refractivity contribution < 1.29 is 18.3 Å². The van der Waals surface area contributed by atoms with Crippen molar-refractivity contribution in [3.05, 3.63) is 54.4 Å². The molecule has 0 aliphatic carbocycles. The van der Waals surface area contributed by atoms with Gasteiger partial charge in [0.1, 0.15) is 4.90 Å². The van der Waals surface area contributed by atoms with Crippen molar-refractivity contribution in [1.82, 2.24) is 4.57 Å². The van der Waals surface area contributed by atoms with E-state index in [0.29, 0.717) is 11.3 Å². The molecule has 0 aliphatic heterocycles. The summed E-state index contributed by atoms with van der Waals surface area (Å²) < 4.78 is 28.4. The molecule has 0 aliphatic rings. The average molecular weight is 306 g/mol. The highest BCUT2D eigenvalue weighted by Gasteiger charge is 2.15. The lowest BCUT2D eigenvalue weighted by atomic mass is 10.2. The van der Waals surface area contributed by atoms with Crippen LogP contribution in [0.5, 0.6) is 0 Å². The molecule has 21 heavy (non-hydrogen) atoms. The molecule has 0 unspecified atom stereocenters. The SMILES string of the molecule is Cn1ccc(S(=O)(=O)Nc2cccc(/C=C/C(=O)O)c2)c1. The van der Waals surface area contributed by atoms with Crippen LogP contribution in [0.4, 0.5) is 5.69 Å². The number of carboxylic acid groups (broad SMARTS) is 1. The van der Waals surface area contributed by atoms with Crippen LogP contribution in [-0.2, 0) is 21.9 Å². The van der Waals surface area contributed by atoms with Crippen LogP contribution in [0.3, 0.4) is 0 Å². The number of hydrogen-bond acceptors (Lipinski definition) is 3. The van der Waals surface area contributed by atoms with E-state index in [1.165, 1.54) is 18.3 Å². The highest BCUT2D eigenvalue weighted by Crippen LogP contribution is 2.18. The number of nitrogens with zero attached hydrogens (tertiary/aromatic N) is 1. The van der Waals surface area contributed by atoms with Gasteiger partial charge < -0.3 is 9.67 Å². The van der Waals surface area contributed by atoms with Crippen molar-refractivity contribution in [3.8, 4) is 0 Å². The second-order valence-corrected chi connectivity index (χ2v) is 6.10. The minimum atomic E-state index is -3.65. The zero-order chi connectivity index (χ0) is 15.5. The van der Waals surface area contributed by atoms with E-state index in [4.69, 9.17) is 5.11 Å². The van der Waals surface area contributed by atoms with E-state index in [2.05, 4.69) is 4.72 Å². The molecule has 0 bridgehead atoms. The Labute approximate surface area is 122 Å². The average Bonchev–Trinajstić information content (AvgIpc) is 2.84. The number of hydrogen-bond donors (Lipinski definition) is 2. The third-order valence-electron chi connectivity index (χ3n) is 2.67. The fourth-order valence-corrected chi connectivity index (χ4v) is 2.82. The smallest absolute Gasteiger partial charge is 0.328 e. The van der Waals surface area contributed by atoms with Gasteiger partial charge in [0.05, 0.1) is 0 Å². The lowest BCUT2D eigenvalue weighted by Gasteiger charge is -2.07. The number of aryl methyl sites for hydroxylation is 1. The van der Waals surface area contributed by atoms with E-state index >= 15 is 0 Å². The van der Waals surface area contributed by atoms with Gasteiger partial charge in [-0.15, -0.1) is 0 Å². The fraction of sp³-hybridized carbons (Fsp3) is 0.0714. The number of benzene rings is 1. The van der Waals surface area contributed by atoms with Crippen molar-refractivity contribution in [2.75, 3.05) is 4.72 Å². The molecule has 0 saturated heterocycles. The molecule has 2 rings (SSSR count). The Morgan fingerprint density at radius 2 is 2.10 bits per heavy atom. The zero-order valence-electron chi connectivity index (χ0n) is 11.2. The summed E-state index contributed by atoms with van der Waals surface area (Å²) in [7, 11) is -1.92. The van der Waals surface area contributed by atoms with E-state index in [1.54, 1.807) is 42.1 Å². The summed E-state index contributed by atoms with van der Waals surface area (Å²) in [5.74, 6) is -1.06. The summed E-state index contributed by atoms with van der Waals surface area (Å²) in [5, 5.41) is 8.58. The molecule has 0 atom stereocenters. The van der Waals surface area contributed by atoms with Crippen LogP contribution in [0.2, 0.25) is 0 Å². The number of nitrogens with one attached hydrogen (secondary N) is 1. The zero-order valence-corrected chi connectivity index (χ0v) is 12.0. The minimum absolute atomic E-state index is 0.163. The number of aliphatic carboxylic acids is 1. The molecule has 7 heteroatoms. The first kappa shape index (κ1) is 14.9. The summed E-state index contributed by atoms with van der Waals surface area (Å²) in [4.78, 5) is 10.6. The molecule has 0 amide bonds. The number of carbonyl (C=O) groups is 1. The molecule has 1 aromatic heterocycles. The number of carboxylic acids is 1. The van der Waals surface area contributed by atoms with Crippen molar-refractivity contribution in [2.24, 2.45) is 7.05 Å². The quantitative estimate of drug-likeness (QED) is 0.826.